The lowest BCUT2D eigenvalue weighted by molar-refractivity contribution is 0.572. The van der Waals surface area contributed by atoms with Gasteiger partial charge in [-0.1, -0.05) is 30.4 Å². The molecular formula is C21H23N7O. The van der Waals surface area contributed by atoms with Crippen LogP contribution >= 0.6 is 0 Å². The average molecular weight is 389 g/mol. The summed E-state index contributed by atoms with van der Waals surface area (Å²) in [6, 6.07) is 9.44. The first-order valence-electron chi connectivity index (χ1n) is 9.74. The molecular weight excluding hydrogens is 366 g/mol. The van der Waals surface area contributed by atoms with Crippen LogP contribution in [-0.4, -0.2) is 45.5 Å². The van der Waals surface area contributed by atoms with Gasteiger partial charge in [-0.05, 0) is 18.6 Å². The third-order valence-electron chi connectivity index (χ3n) is 5.11. The van der Waals surface area contributed by atoms with Gasteiger partial charge in [0.25, 0.3) is 5.56 Å². The quantitative estimate of drug-likeness (QED) is 0.665. The molecule has 1 aromatic carbocycles. The third kappa shape index (κ3) is 3.65. The molecule has 1 aliphatic heterocycles. The number of nitrogens with one attached hydrogen (secondary N) is 1. The Morgan fingerprint density at radius 2 is 2.07 bits per heavy atom. The minimum atomic E-state index is -0.200. The molecule has 148 valence electrons. The van der Waals surface area contributed by atoms with E-state index in [-0.39, 0.29) is 12.1 Å². The molecule has 1 N–H and O–H groups in total. The molecule has 2 aromatic heterocycles. The minimum Gasteiger partial charge on any atom is -0.340 e. The summed E-state index contributed by atoms with van der Waals surface area (Å²) in [6.07, 6.45) is 5.63. The van der Waals surface area contributed by atoms with Crippen molar-refractivity contribution >= 4 is 17.0 Å². The van der Waals surface area contributed by atoms with Crippen molar-refractivity contribution in [1.29, 1.82) is 5.26 Å². The highest BCUT2D eigenvalue weighted by molar-refractivity contribution is 5.77. The van der Waals surface area contributed by atoms with Crippen molar-refractivity contribution in [3.63, 3.8) is 0 Å². The predicted molar refractivity (Wildman–Crippen MR) is 112 cm³/mol. The topological polar surface area (TPSA) is 91.8 Å². The van der Waals surface area contributed by atoms with E-state index in [9.17, 15) is 10.1 Å². The minimum absolute atomic E-state index is 0.200. The monoisotopic (exact) mass is 389 g/mol. The third-order valence-corrected chi connectivity index (χ3v) is 5.11. The van der Waals surface area contributed by atoms with Crippen molar-refractivity contribution in [3.05, 3.63) is 64.1 Å². The number of rotatable bonds is 5. The number of allylic oxidation sites excluding steroid dienone is 2. The predicted octanol–water partition coefficient (Wildman–Crippen LogP) is 1.50. The molecule has 0 saturated carbocycles. The average Bonchev–Trinajstić information content (AvgIpc) is 3.14. The molecule has 1 saturated heterocycles. The summed E-state index contributed by atoms with van der Waals surface area (Å²) in [6.45, 7) is 6.24. The van der Waals surface area contributed by atoms with Gasteiger partial charge in [-0.3, -0.25) is 4.79 Å². The number of hydrogen-bond acceptors (Lipinski definition) is 6. The molecule has 0 radical (unpaired) electrons. The van der Waals surface area contributed by atoms with E-state index in [1.165, 1.54) is 4.68 Å². The maximum Gasteiger partial charge on any atom is 0.293 e. The SMILES string of the molecule is C/C=C/Cn1c(N2CCNCC2)nc2cnn(Cc3ccccc3C#N)c(=O)c21. The summed E-state index contributed by atoms with van der Waals surface area (Å²) < 4.78 is 3.38. The number of benzene rings is 1. The first-order valence-corrected chi connectivity index (χ1v) is 9.74. The molecule has 29 heavy (non-hydrogen) atoms. The van der Waals surface area contributed by atoms with Crippen LogP contribution in [0.25, 0.3) is 11.0 Å². The summed E-state index contributed by atoms with van der Waals surface area (Å²) in [4.78, 5) is 20.2. The Labute approximate surface area is 168 Å². The van der Waals surface area contributed by atoms with Crippen molar-refractivity contribution < 1.29 is 0 Å². The maximum absolute atomic E-state index is 13.3. The van der Waals surface area contributed by atoms with Gasteiger partial charge in [-0.25, -0.2) is 9.67 Å². The van der Waals surface area contributed by atoms with Crippen LogP contribution < -0.4 is 15.8 Å². The Bertz CT molecular complexity index is 1150. The largest absolute Gasteiger partial charge is 0.340 e. The zero-order valence-electron chi connectivity index (χ0n) is 16.4. The normalized spacial score (nSPS) is 14.6. The lowest BCUT2D eigenvalue weighted by Crippen LogP contribution is -2.44. The van der Waals surface area contributed by atoms with Gasteiger partial charge in [0.05, 0.1) is 24.4 Å². The summed E-state index contributed by atoms with van der Waals surface area (Å²) in [7, 11) is 0. The van der Waals surface area contributed by atoms with E-state index in [4.69, 9.17) is 4.98 Å². The summed E-state index contributed by atoms with van der Waals surface area (Å²) in [5.41, 5.74) is 2.25. The van der Waals surface area contributed by atoms with Crippen LogP contribution in [0.4, 0.5) is 5.95 Å². The molecule has 4 rings (SSSR count). The highest BCUT2D eigenvalue weighted by Gasteiger charge is 2.21. The fourth-order valence-corrected chi connectivity index (χ4v) is 3.60. The van der Waals surface area contributed by atoms with Crippen molar-refractivity contribution in [2.45, 2.75) is 20.0 Å². The lowest BCUT2D eigenvalue weighted by Gasteiger charge is -2.28. The van der Waals surface area contributed by atoms with E-state index in [1.54, 1.807) is 12.3 Å². The smallest absolute Gasteiger partial charge is 0.293 e. The second-order valence-electron chi connectivity index (χ2n) is 6.94. The molecule has 0 aliphatic carbocycles. The Kier molecular flexibility index (Phi) is 5.40. The van der Waals surface area contributed by atoms with Gasteiger partial charge in [0.2, 0.25) is 5.95 Å². The van der Waals surface area contributed by atoms with Crippen LogP contribution in [0, 0.1) is 11.3 Å². The molecule has 0 bridgehead atoms. The molecule has 3 aromatic rings. The van der Waals surface area contributed by atoms with Crippen LogP contribution in [0.15, 0.2) is 47.4 Å². The maximum atomic E-state index is 13.3. The molecule has 0 unspecified atom stereocenters. The zero-order chi connectivity index (χ0) is 20.2. The number of imidazole rings is 1. The number of nitriles is 1. The van der Waals surface area contributed by atoms with Crippen LogP contribution in [-0.2, 0) is 13.1 Å². The number of aromatic nitrogens is 4. The molecule has 3 heterocycles. The van der Waals surface area contributed by atoms with Gasteiger partial charge in [-0.15, -0.1) is 0 Å². The van der Waals surface area contributed by atoms with Crippen LogP contribution in [0.1, 0.15) is 18.1 Å². The first-order chi connectivity index (χ1) is 14.2. The van der Waals surface area contributed by atoms with Crippen molar-refractivity contribution in [2.24, 2.45) is 0 Å². The van der Waals surface area contributed by atoms with E-state index in [1.807, 2.05) is 41.8 Å². The van der Waals surface area contributed by atoms with E-state index >= 15 is 0 Å². The summed E-state index contributed by atoms with van der Waals surface area (Å²) >= 11 is 0. The number of hydrogen-bond donors (Lipinski definition) is 1. The number of piperazine rings is 1. The lowest BCUT2D eigenvalue weighted by atomic mass is 10.1. The zero-order valence-corrected chi connectivity index (χ0v) is 16.4. The highest BCUT2D eigenvalue weighted by atomic mass is 16.1. The number of fused-ring (bicyclic) bond motifs is 1. The fourth-order valence-electron chi connectivity index (χ4n) is 3.60. The van der Waals surface area contributed by atoms with E-state index in [0.29, 0.717) is 23.1 Å². The molecule has 8 heteroatoms. The molecule has 8 nitrogen and oxygen atoms in total. The van der Waals surface area contributed by atoms with Gasteiger partial charge < -0.3 is 14.8 Å². The van der Waals surface area contributed by atoms with Crippen molar-refractivity contribution in [1.82, 2.24) is 24.6 Å². The van der Waals surface area contributed by atoms with E-state index in [2.05, 4.69) is 21.4 Å². The fraction of sp³-hybridized carbons (Fsp3) is 0.333. The van der Waals surface area contributed by atoms with Gasteiger partial charge in [0, 0.05) is 32.7 Å². The van der Waals surface area contributed by atoms with Crippen molar-refractivity contribution in [3.8, 4) is 6.07 Å². The van der Waals surface area contributed by atoms with E-state index < -0.39 is 0 Å². The highest BCUT2D eigenvalue weighted by Crippen LogP contribution is 2.21. The standard InChI is InChI=1S/C21H23N7O/c1-2-3-10-27-19-18(25-21(27)26-11-8-23-9-12-26)14-24-28(20(19)29)15-17-7-5-4-6-16(17)13-22/h2-7,14,23H,8-12,15H2,1H3/b3-2+. The van der Waals surface area contributed by atoms with Crippen LogP contribution in [0.2, 0.25) is 0 Å². The molecule has 0 amide bonds. The first kappa shape index (κ1) is 18.9. The Balaban J connectivity index is 1.82. The number of anilines is 1. The summed E-state index contributed by atoms with van der Waals surface area (Å²) in [5, 5.41) is 17.0. The molecule has 0 spiro atoms. The Hall–Kier alpha value is -3.44. The van der Waals surface area contributed by atoms with Gasteiger partial charge >= 0.3 is 0 Å². The molecule has 0 atom stereocenters. The Morgan fingerprint density at radius 3 is 2.83 bits per heavy atom. The van der Waals surface area contributed by atoms with Crippen molar-refractivity contribution in [2.75, 3.05) is 31.1 Å². The van der Waals surface area contributed by atoms with E-state index in [0.717, 1.165) is 37.7 Å². The molecule has 1 aliphatic rings. The second-order valence-corrected chi connectivity index (χ2v) is 6.94. The van der Waals surface area contributed by atoms with Gasteiger partial charge in [0.1, 0.15) is 11.0 Å². The Morgan fingerprint density at radius 1 is 1.28 bits per heavy atom. The van der Waals surface area contributed by atoms with Crippen LogP contribution in [0.5, 0.6) is 0 Å². The number of nitrogens with zero attached hydrogens (tertiary/aromatic N) is 6. The second kappa shape index (κ2) is 8.29. The van der Waals surface area contributed by atoms with Gasteiger partial charge in [0.15, 0.2) is 0 Å². The van der Waals surface area contributed by atoms with Crippen LogP contribution in [0.3, 0.4) is 0 Å². The van der Waals surface area contributed by atoms with Gasteiger partial charge in [-0.2, -0.15) is 10.4 Å². The molecule has 1 fully saturated rings. The summed E-state index contributed by atoms with van der Waals surface area (Å²) in [5.74, 6) is 0.800.